The number of hydrogen-bond acceptors (Lipinski definition) is 4. The molecule has 0 bridgehead atoms. The molecule has 1 N–H and O–H groups in total. The molecular weight excluding hydrogens is 294 g/mol. The highest BCUT2D eigenvalue weighted by Gasteiger charge is 2.20. The van der Waals surface area contributed by atoms with Crippen LogP contribution in [-0.2, 0) is 4.79 Å². The first kappa shape index (κ1) is 18.2. The molecule has 0 spiro atoms. The summed E-state index contributed by atoms with van der Waals surface area (Å²) in [6.07, 6.45) is 1.77. The van der Waals surface area contributed by atoms with Crippen LogP contribution in [0.1, 0.15) is 32.0 Å². The number of carbonyl (C=O) groups is 1. The van der Waals surface area contributed by atoms with Gasteiger partial charge in [-0.05, 0) is 31.5 Å². The molecule has 1 amide bonds. The molecule has 118 valence electrons. The molecule has 0 unspecified atom stereocenters. The van der Waals surface area contributed by atoms with Gasteiger partial charge in [-0.25, -0.2) is 9.97 Å². The number of aromatic nitrogens is 2. The molecule has 0 fully saturated rings. The largest absolute Gasteiger partial charge is 0.326 e. The number of nitrogens with one attached hydrogen (secondary N) is 1. The second-order valence-corrected chi connectivity index (χ2v) is 6.41. The van der Waals surface area contributed by atoms with Crippen LogP contribution in [0.5, 0.6) is 0 Å². The van der Waals surface area contributed by atoms with Gasteiger partial charge in [0.15, 0.2) is 5.16 Å². The van der Waals surface area contributed by atoms with Gasteiger partial charge in [0.2, 0.25) is 5.91 Å². The molecule has 0 aliphatic carbocycles. The Balaban J connectivity index is 0.000000235. The summed E-state index contributed by atoms with van der Waals surface area (Å²) in [5.41, 5.74) is 2.61. The Morgan fingerprint density at radius 2 is 1.73 bits per heavy atom. The van der Waals surface area contributed by atoms with Gasteiger partial charge in [0, 0.05) is 23.0 Å². The van der Waals surface area contributed by atoms with E-state index in [2.05, 4.69) is 27.9 Å². The highest BCUT2D eigenvalue weighted by molar-refractivity contribution is 7.80. The molecule has 22 heavy (non-hydrogen) atoms. The number of amides is 1. The number of aryl methyl sites for hydroxylation is 2. The highest BCUT2D eigenvalue weighted by atomic mass is 32.1. The first-order valence-corrected chi connectivity index (χ1v) is 7.50. The summed E-state index contributed by atoms with van der Waals surface area (Å²) in [6.45, 7) is 9.60. The lowest BCUT2D eigenvalue weighted by Crippen LogP contribution is -2.27. The van der Waals surface area contributed by atoms with E-state index in [-0.39, 0.29) is 11.3 Å². The Morgan fingerprint density at radius 1 is 1.14 bits per heavy atom. The number of benzene rings is 1. The number of carbonyl (C=O) groups excluding carboxylic acids is 1. The highest BCUT2D eigenvalue weighted by Crippen LogP contribution is 2.16. The lowest BCUT2D eigenvalue weighted by atomic mass is 9.95. The van der Waals surface area contributed by atoms with Crippen LogP contribution in [0.25, 0.3) is 0 Å². The molecule has 0 atom stereocenters. The Bertz CT molecular complexity index is 622. The molecule has 0 radical (unpaired) electrons. The second kappa shape index (κ2) is 7.94. The second-order valence-electron chi connectivity index (χ2n) is 6.01. The Morgan fingerprint density at radius 3 is 2.18 bits per heavy atom. The van der Waals surface area contributed by atoms with E-state index in [1.54, 1.807) is 6.20 Å². The minimum atomic E-state index is -0.337. The van der Waals surface area contributed by atoms with Crippen molar-refractivity contribution >= 4 is 24.2 Å². The summed E-state index contributed by atoms with van der Waals surface area (Å²) in [5, 5.41) is 3.38. The summed E-state index contributed by atoms with van der Waals surface area (Å²) in [6, 6.07) is 9.48. The molecule has 1 aromatic carbocycles. The van der Waals surface area contributed by atoms with Gasteiger partial charge >= 0.3 is 0 Å². The zero-order valence-corrected chi connectivity index (χ0v) is 14.6. The van der Waals surface area contributed by atoms with Gasteiger partial charge in [-0.1, -0.05) is 39.0 Å². The van der Waals surface area contributed by atoms with Gasteiger partial charge in [0.05, 0.1) is 0 Å². The molecule has 2 rings (SSSR count). The molecule has 2 aromatic rings. The van der Waals surface area contributed by atoms with Gasteiger partial charge in [0.25, 0.3) is 0 Å². The minimum Gasteiger partial charge on any atom is -0.326 e. The van der Waals surface area contributed by atoms with Gasteiger partial charge in [-0.2, -0.15) is 0 Å². The van der Waals surface area contributed by atoms with Crippen LogP contribution < -0.4 is 5.32 Å². The van der Waals surface area contributed by atoms with Gasteiger partial charge < -0.3 is 5.32 Å². The third kappa shape index (κ3) is 6.26. The van der Waals surface area contributed by atoms with E-state index in [9.17, 15) is 4.79 Å². The van der Waals surface area contributed by atoms with Crippen LogP contribution in [-0.4, -0.2) is 15.9 Å². The Labute approximate surface area is 137 Å². The zero-order chi connectivity index (χ0) is 16.8. The standard InChI is InChI=1S/C11H15NO.C6H8N2S/c1-11(2,3)10(13)12-9-7-5-4-6-8-9;1-4-3-7-6(9)8-5(4)2/h4-8H,1-3H3,(H,12,13);3H,1-2H3,(H,7,8,9). The normalized spacial score (nSPS) is 10.5. The summed E-state index contributed by atoms with van der Waals surface area (Å²) in [7, 11) is 0. The summed E-state index contributed by atoms with van der Waals surface area (Å²) in [4.78, 5) is 19.4. The molecule has 1 heterocycles. The van der Waals surface area contributed by atoms with Crippen LogP contribution in [0, 0.1) is 19.3 Å². The van der Waals surface area contributed by atoms with Crippen LogP contribution >= 0.6 is 12.6 Å². The van der Waals surface area contributed by atoms with Crippen molar-refractivity contribution in [2.24, 2.45) is 5.41 Å². The number of hydrogen-bond donors (Lipinski definition) is 2. The number of nitrogens with zero attached hydrogens (tertiary/aromatic N) is 2. The summed E-state index contributed by atoms with van der Waals surface area (Å²) in [5.74, 6) is 0.0405. The number of para-hydroxylation sites is 1. The van der Waals surface area contributed by atoms with E-state index < -0.39 is 0 Å². The molecular formula is C17H23N3OS. The molecule has 0 saturated heterocycles. The number of anilines is 1. The Hall–Kier alpha value is -1.88. The average Bonchev–Trinajstić information content (AvgIpc) is 2.44. The maximum atomic E-state index is 11.5. The van der Waals surface area contributed by atoms with Crippen LogP contribution in [0.4, 0.5) is 5.69 Å². The van der Waals surface area contributed by atoms with Gasteiger partial charge in [-0.3, -0.25) is 4.79 Å². The first-order chi connectivity index (χ1) is 10.2. The van der Waals surface area contributed by atoms with Crippen molar-refractivity contribution in [2.45, 2.75) is 39.8 Å². The van der Waals surface area contributed by atoms with Crippen molar-refractivity contribution in [3.63, 3.8) is 0 Å². The minimum absolute atomic E-state index is 0.0405. The van der Waals surface area contributed by atoms with E-state index in [4.69, 9.17) is 0 Å². The van der Waals surface area contributed by atoms with Crippen molar-refractivity contribution in [3.05, 3.63) is 47.8 Å². The van der Waals surface area contributed by atoms with E-state index in [1.165, 1.54) is 0 Å². The van der Waals surface area contributed by atoms with Crippen LogP contribution in [0.15, 0.2) is 41.7 Å². The zero-order valence-electron chi connectivity index (χ0n) is 13.7. The van der Waals surface area contributed by atoms with E-state index in [0.717, 1.165) is 16.9 Å². The van der Waals surface area contributed by atoms with E-state index >= 15 is 0 Å². The summed E-state index contributed by atoms with van der Waals surface area (Å²) >= 11 is 3.98. The van der Waals surface area contributed by atoms with Gasteiger partial charge in [-0.15, -0.1) is 12.6 Å². The fourth-order valence-corrected chi connectivity index (χ4v) is 1.56. The predicted octanol–water partition coefficient (Wildman–Crippen LogP) is 4.05. The average molecular weight is 317 g/mol. The maximum Gasteiger partial charge on any atom is 0.229 e. The van der Waals surface area contributed by atoms with Crippen molar-refractivity contribution in [1.29, 1.82) is 0 Å². The quantitative estimate of drug-likeness (QED) is 0.616. The van der Waals surface area contributed by atoms with Crippen molar-refractivity contribution in [2.75, 3.05) is 5.32 Å². The van der Waals surface area contributed by atoms with Crippen LogP contribution in [0.3, 0.4) is 0 Å². The third-order valence-corrected chi connectivity index (χ3v) is 3.14. The topological polar surface area (TPSA) is 54.9 Å². The van der Waals surface area contributed by atoms with Crippen molar-refractivity contribution < 1.29 is 4.79 Å². The lowest BCUT2D eigenvalue weighted by Gasteiger charge is -2.17. The fraction of sp³-hybridized carbons (Fsp3) is 0.353. The molecule has 5 heteroatoms. The molecule has 0 saturated carbocycles. The number of rotatable bonds is 1. The SMILES string of the molecule is CC(C)(C)C(=O)Nc1ccccc1.Cc1cnc(S)nc1C. The maximum absolute atomic E-state index is 11.5. The molecule has 0 aliphatic rings. The molecule has 4 nitrogen and oxygen atoms in total. The summed E-state index contributed by atoms with van der Waals surface area (Å²) < 4.78 is 0. The number of thiol groups is 1. The first-order valence-electron chi connectivity index (χ1n) is 7.06. The third-order valence-electron chi connectivity index (χ3n) is 2.92. The molecule has 0 aliphatic heterocycles. The van der Waals surface area contributed by atoms with Gasteiger partial charge in [0.1, 0.15) is 0 Å². The monoisotopic (exact) mass is 317 g/mol. The van der Waals surface area contributed by atoms with Crippen molar-refractivity contribution in [1.82, 2.24) is 9.97 Å². The molecule has 1 aromatic heterocycles. The lowest BCUT2D eigenvalue weighted by molar-refractivity contribution is -0.123. The van der Waals surface area contributed by atoms with Crippen molar-refractivity contribution in [3.8, 4) is 0 Å². The van der Waals surface area contributed by atoms with Crippen LogP contribution in [0.2, 0.25) is 0 Å². The fourth-order valence-electron chi connectivity index (χ4n) is 1.36. The van der Waals surface area contributed by atoms with E-state index in [0.29, 0.717) is 5.16 Å². The predicted molar refractivity (Wildman–Crippen MR) is 93.3 cm³/mol. The Kier molecular flexibility index (Phi) is 6.56. The van der Waals surface area contributed by atoms with E-state index in [1.807, 2.05) is 65.0 Å². The smallest absolute Gasteiger partial charge is 0.229 e.